The van der Waals surface area contributed by atoms with E-state index in [2.05, 4.69) is 36.0 Å². The summed E-state index contributed by atoms with van der Waals surface area (Å²) in [7, 11) is 0. The van der Waals surface area contributed by atoms with Crippen molar-refractivity contribution in [1.82, 2.24) is 4.57 Å². The summed E-state index contributed by atoms with van der Waals surface area (Å²) >= 11 is 0. The molecule has 66 valence electrons. The lowest BCUT2D eigenvalue weighted by molar-refractivity contribution is 0.430. The van der Waals surface area contributed by atoms with Crippen LogP contribution >= 0.6 is 0 Å². The van der Waals surface area contributed by atoms with Gasteiger partial charge in [0.1, 0.15) is 0 Å². The molecule has 12 heavy (non-hydrogen) atoms. The van der Waals surface area contributed by atoms with Crippen molar-refractivity contribution in [3.8, 4) is 0 Å². The summed E-state index contributed by atoms with van der Waals surface area (Å²) in [6.45, 7) is 2.28. The minimum Gasteiger partial charge on any atom is -0.351 e. The Bertz CT molecular complexity index is 221. The Labute approximate surface area is 74.4 Å². The van der Waals surface area contributed by atoms with Crippen LogP contribution in [0.15, 0.2) is 24.5 Å². The fourth-order valence-electron chi connectivity index (χ4n) is 1.83. The van der Waals surface area contributed by atoms with Gasteiger partial charge in [-0.05, 0) is 30.9 Å². The normalized spacial score (nSPS) is 19.4. The molecule has 0 radical (unpaired) electrons. The number of aromatic nitrogens is 1. The molecule has 1 heteroatoms. The van der Waals surface area contributed by atoms with Crippen LogP contribution in [0.5, 0.6) is 0 Å². The van der Waals surface area contributed by atoms with Crippen molar-refractivity contribution < 1.29 is 0 Å². The molecule has 0 saturated heterocycles. The lowest BCUT2D eigenvalue weighted by Crippen LogP contribution is -2.06. The highest BCUT2D eigenvalue weighted by Gasteiger charge is 2.24. The quantitative estimate of drug-likeness (QED) is 0.642. The van der Waals surface area contributed by atoms with Gasteiger partial charge in [-0.2, -0.15) is 0 Å². The molecule has 0 amide bonds. The van der Waals surface area contributed by atoms with E-state index in [9.17, 15) is 0 Å². The van der Waals surface area contributed by atoms with Crippen LogP contribution in [0.4, 0.5) is 0 Å². The smallest absolute Gasteiger partial charge is 0.0330 e. The third-order valence-corrected chi connectivity index (χ3v) is 2.82. The van der Waals surface area contributed by atoms with E-state index >= 15 is 0 Å². The molecule has 1 aromatic heterocycles. The molecule has 0 N–H and O–H groups in total. The predicted molar refractivity (Wildman–Crippen MR) is 51.1 cm³/mol. The molecule has 1 nitrogen and oxygen atoms in total. The molecule has 0 aromatic carbocycles. The van der Waals surface area contributed by atoms with Crippen LogP contribution in [-0.2, 0) is 0 Å². The number of hydrogen-bond donors (Lipinski definition) is 0. The van der Waals surface area contributed by atoms with Gasteiger partial charge >= 0.3 is 0 Å². The molecule has 1 aromatic rings. The van der Waals surface area contributed by atoms with Gasteiger partial charge in [0.25, 0.3) is 0 Å². The summed E-state index contributed by atoms with van der Waals surface area (Å²) in [6.07, 6.45) is 9.99. The average molecular weight is 163 g/mol. The molecule has 1 atom stereocenters. The molecule has 0 bridgehead atoms. The summed E-state index contributed by atoms with van der Waals surface area (Å²) in [4.78, 5) is 0. The third kappa shape index (κ3) is 1.71. The lowest BCUT2D eigenvalue weighted by Gasteiger charge is -2.16. The Hall–Kier alpha value is -0.720. The van der Waals surface area contributed by atoms with E-state index < -0.39 is 0 Å². The third-order valence-electron chi connectivity index (χ3n) is 2.82. The number of hydrogen-bond acceptors (Lipinski definition) is 0. The molecular weight excluding hydrogens is 146 g/mol. The van der Waals surface area contributed by atoms with Crippen LogP contribution < -0.4 is 0 Å². The first-order valence-electron chi connectivity index (χ1n) is 5.02. The first-order chi connectivity index (χ1) is 5.90. The van der Waals surface area contributed by atoms with Gasteiger partial charge in [0.05, 0.1) is 0 Å². The lowest BCUT2D eigenvalue weighted by atomic mass is 10.1. The monoisotopic (exact) mass is 163 g/mol. The molecule has 1 aliphatic rings. The first kappa shape index (κ1) is 7.90. The van der Waals surface area contributed by atoms with Crippen molar-refractivity contribution in [2.75, 3.05) is 0 Å². The van der Waals surface area contributed by atoms with Gasteiger partial charge in [-0.1, -0.05) is 19.8 Å². The van der Waals surface area contributed by atoms with E-state index in [0.29, 0.717) is 0 Å². The molecule has 2 rings (SSSR count). The topological polar surface area (TPSA) is 4.93 Å². The summed E-state index contributed by atoms with van der Waals surface area (Å²) < 4.78 is 2.36. The molecule has 1 fully saturated rings. The van der Waals surface area contributed by atoms with Crippen LogP contribution in [0.3, 0.4) is 0 Å². The fourth-order valence-corrected chi connectivity index (χ4v) is 1.83. The van der Waals surface area contributed by atoms with E-state index in [0.717, 1.165) is 12.0 Å². The van der Waals surface area contributed by atoms with Gasteiger partial charge in [0.2, 0.25) is 0 Å². The standard InChI is InChI=1S/C11H17N/c1-2-11(9-10-5-6-10)12-7-3-4-8-12/h3-4,7-8,10-11H,2,5-6,9H2,1H3. The van der Waals surface area contributed by atoms with Crippen molar-refractivity contribution in [3.05, 3.63) is 24.5 Å². The SMILES string of the molecule is CCC(CC1CC1)n1cccc1. The van der Waals surface area contributed by atoms with E-state index in [4.69, 9.17) is 0 Å². The van der Waals surface area contributed by atoms with Crippen molar-refractivity contribution in [2.45, 2.75) is 38.6 Å². The highest BCUT2D eigenvalue weighted by atomic mass is 15.0. The van der Waals surface area contributed by atoms with Crippen LogP contribution in [0.25, 0.3) is 0 Å². The van der Waals surface area contributed by atoms with E-state index in [1.807, 2.05) is 0 Å². The Morgan fingerprint density at radius 2 is 2.00 bits per heavy atom. The van der Waals surface area contributed by atoms with Gasteiger partial charge < -0.3 is 4.57 Å². The Morgan fingerprint density at radius 1 is 1.33 bits per heavy atom. The van der Waals surface area contributed by atoms with E-state index in [1.54, 1.807) is 0 Å². The molecule has 1 aliphatic carbocycles. The van der Waals surface area contributed by atoms with Crippen molar-refractivity contribution >= 4 is 0 Å². The predicted octanol–water partition coefficient (Wildman–Crippen LogP) is 3.24. The molecule has 1 heterocycles. The zero-order chi connectivity index (χ0) is 8.39. The zero-order valence-corrected chi connectivity index (χ0v) is 7.74. The fraction of sp³-hybridized carbons (Fsp3) is 0.636. The molecule has 0 aliphatic heterocycles. The molecular formula is C11H17N. The van der Waals surface area contributed by atoms with Crippen molar-refractivity contribution in [3.63, 3.8) is 0 Å². The number of rotatable bonds is 4. The minimum absolute atomic E-state index is 0.757. The Kier molecular flexibility index (Phi) is 2.20. The Balaban J connectivity index is 1.97. The molecule has 0 spiro atoms. The van der Waals surface area contributed by atoms with Gasteiger partial charge in [-0.25, -0.2) is 0 Å². The van der Waals surface area contributed by atoms with Crippen molar-refractivity contribution in [1.29, 1.82) is 0 Å². The maximum atomic E-state index is 2.36. The zero-order valence-electron chi connectivity index (χ0n) is 7.74. The second-order valence-corrected chi connectivity index (χ2v) is 3.87. The average Bonchev–Trinajstić information content (AvgIpc) is 2.74. The highest BCUT2D eigenvalue weighted by Crippen LogP contribution is 2.37. The number of nitrogens with zero attached hydrogens (tertiary/aromatic N) is 1. The minimum atomic E-state index is 0.757. The highest BCUT2D eigenvalue weighted by molar-refractivity contribution is 4.94. The van der Waals surface area contributed by atoms with Gasteiger partial charge in [-0.15, -0.1) is 0 Å². The van der Waals surface area contributed by atoms with Gasteiger partial charge in [0, 0.05) is 18.4 Å². The summed E-state index contributed by atoms with van der Waals surface area (Å²) in [5.41, 5.74) is 0. The van der Waals surface area contributed by atoms with Crippen LogP contribution in [0, 0.1) is 5.92 Å². The first-order valence-corrected chi connectivity index (χ1v) is 5.02. The maximum absolute atomic E-state index is 2.36. The second kappa shape index (κ2) is 3.34. The maximum Gasteiger partial charge on any atom is 0.0330 e. The van der Waals surface area contributed by atoms with Crippen LogP contribution in [0.2, 0.25) is 0 Å². The summed E-state index contributed by atoms with van der Waals surface area (Å²) in [5.74, 6) is 1.04. The Morgan fingerprint density at radius 3 is 2.50 bits per heavy atom. The van der Waals surface area contributed by atoms with E-state index in [1.165, 1.54) is 25.7 Å². The van der Waals surface area contributed by atoms with Gasteiger partial charge in [0.15, 0.2) is 0 Å². The molecule has 1 saturated carbocycles. The van der Waals surface area contributed by atoms with Gasteiger partial charge in [-0.3, -0.25) is 0 Å². The molecule has 1 unspecified atom stereocenters. The summed E-state index contributed by atoms with van der Waals surface area (Å²) in [6, 6.07) is 5.00. The van der Waals surface area contributed by atoms with Crippen LogP contribution in [-0.4, -0.2) is 4.57 Å². The largest absolute Gasteiger partial charge is 0.351 e. The second-order valence-electron chi connectivity index (χ2n) is 3.87. The van der Waals surface area contributed by atoms with E-state index in [-0.39, 0.29) is 0 Å². The summed E-state index contributed by atoms with van der Waals surface area (Å²) in [5, 5.41) is 0. The van der Waals surface area contributed by atoms with Crippen molar-refractivity contribution in [2.24, 2.45) is 5.92 Å². The van der Waals surface area contributed by atoms with Crippen LogP contribution in [0.1, 0.15) is 38.6 Å².